The molecule has 10 heteroatoms. The van der Waals surface area contributed by atoms with Crippen LogP contribution in [0.15, 0.2) is 24.3 Å². The molecule has 8 nitrogen and oxygen atoms in total. The smallest absolute Gasteiger partial charge is 0.318 e. The molecule has 2 bridgehead atoms. The Hall–Kier alpha value is -3.24. The van der Waals surface area contributed by atoms with Crippen LogP contribution in [0.1, 0.15) is 52.5 Å². The third-order valence-corrected chi connectivity index (χ3v) is 9.89. The van der Waals surface area contributed by atoms with Crippen LogP contribution in [0.3, 0.4) is 0 Å². The summed E-state index contributed by atoms with van der Waals surface area (Å²) in [5.74, 6) is -1.14. The molecule has 0 spiro atoms. The zero-order valence-corrected chi connectivity index (χ0v) is 23.7. The monoisotopic (exact) mass is 578 g/mol. The van der Waals surface area contributed by atoms with Crippen LogP contribution in [0, 0.1) is 17.0 Å². The lowest BCUT2D eigenvalue weighted by Gasteiger charge is -2.47. The molecule has 2 aromatic carbocycles. The lowest BCUT2D eigenvalue weighted by atomic mass is 9.92. The van der Waals surface area contributed by atoms with Gasteiger partial charge in [-0.2, -0.15) is 9.97 Å². The average molecular weight is 579 g/mol. The predicted octanol–water partition coefficient (Wildman–Crippen LogP) is 4.37. The summed E-state index contributed by atoms with van der Waals surface area (Å²) in [5, 5.41) is 14.6. The number of aromatic nitrogens is 2. The van der Waals surface area contributed by atoms with Crippen LogP contribution in [-0.2, 0) is 13.0 Å². The van der Waals surface area contributed by atoms with E-state index in [2.05, 4.69) is 15.1 Å². The van der Waals surface area contributed by atoms with Gasteiger partial charge in [0.25, 0.3) is 0 Å². The Balaban J connectivity index is 1.17. The maximum Gasteiger partial charge on any atom is 0.318 e. The molecule has 2 N–H and O–H groups in total. The fourth-order valence-electron chi connectivity index (χ4n) is 7.42. The van der Waals surface area contributed by atoms with E-state index < -0.39 is 23.6 Å². The summed E-state index contributed by atoms with van der Waals surface area (Å²) in [4.78, 5) is 16.3. The van der Waals surface area contributed by atoms with E-state index in [1.54, 1.807) is 0 Å². The van der Waals surface area contributed by atoms with Crippen molar-refractivity contribution in [3.8, 4) is 11.8 Å². The lowest BCUT2D eigenvalue weighted by Crippen LogP contribution is -2.61. The second kappa shape index (κ2) is 10.2. The molecule has 9 rings (SSSR count). The molecule has 222 valence electrons. The molecule has 0 amide bonds. The number of nitrogens with one attached hydrogen (secondary N) is 1. The van der Waals surface area contributed by atoms with Gasteiger partial charge in [-0.25, -0.2) is 8.78 Å². The van der Waals surface area contributed by atoms with E-state index in [1.807, 2.05) is 4.90 Å². The molecule has 2 unspecified atom stereocenters. The first-order chi connectivity index (χ1) is 21.2. The number of ether oxygens (including phenoxy) is 1. The van der Waals surface area contributed by atoms with E-state index in [1.165, 1.54) is 18.2 Å². The second-order valence-corrected chi connectivity index (χ2v) is 12.8. The first-order valence-electron chi connectivity index (χ1n) is 16.4. The fraction of sp³-hybridized carbons (Fsp3) is 0.562. The number of aromatic hydroxyl groups is 1. The number of anilines is 2. The summed E-state index contributed by atoms with van der Waals surface area (Å²) < 4.78 is 53.8. The molecule has 4 saturated heterocycles. The Kier molecular flexibility index (Phi) is 5.88. The van der Waals surface area contributed by atoms with E-state index in [-0.39, 0.29) is 29.7 Å². The van der Waals surface area contributed by atoms with Crippen molar-refractivity contribution in [1.29, 1.82) is 0 Å². The topological polar surface area (TPSA) is 77.0 Å². The zero-order valence-electron chi connectivity index (χ0n) is 25.7. The molecule has 6 aliphatic rings. The third kappa shape index (κ3) is 4.72. The van der Waals surface area contributed by atoms with Crippen LogP contribution in [0.25, 0.3) is 10.8 Å². The minimum atomic E-state index is -1.94. The number of phenols is 1. The highest BCUT2D eigenvalue weighted by Gasteiger charge is 2.45. The summed E-state index contributed by atoms with van der Waals surface area (Å²) in [7, 11) is 0. The first kappa shape index (κ1) is 24.2. The fourth-order valence-corrected chi connectivity index (χ4v) is 7.42. The maximum atomic E-state index is 15.2. The van der Waals surface area contributed by atoms with E-state index in [4.69, 9.17) is 17.4 Å². The molecule has 0 radical (unpaired) electrons. The van der Waals surface area contributed by atoms with Crippen molar-refractivity contribution in [2.45, 2.75) is 63.6 Å². The quantitative estimate of drug-likeness (QED) is 0.428. The first-order valence-corrected chi connectivity index (χ1v) is 15.4. The summed E-state index contributed by atoms with van der Waals surface area (Å²) in [6.07, 6.45) is 6.54. The highest BCUT2D eigenvalue weighted by molar-refractivity contribution is 5.96. The number of piperidine rings is 2. The minimum absolute atomic E-state index is 0.0192. The molecule has 1 saturated carbocycles. The zero-order chi connectivity index (χ0) is 30.2. The van der Waals surface area contributed by atoms with Crippen LogP contribution in [0.2, 0.25) is 0 Å². The molecule has 5 aliphatic heterocycles. The van der Waals surface area contributed by atoms with E-state index >= 15 is 4.39 Å². The van der Waals surface area contributed by atoms with Crippen molar-refractivity contribution in [3.05, 3.63) is 47.2 Å². The maximum absolute atomic E-state index is 15.2. The number of halogens is 2. The van der Waals surface area contributed by atoms with E-state index in [0.29, 0.717) is 42.3 Å². The summed E-state index contributed by atoms with van der Waals surface area (Å²) in [5.41, 5.74) is 1.47. The number of hydrogen-bond donors (Lipinski definition) is 2. The number of benzene rings is 2. The van der Waals surface area contributed by atoms with Crippen molar-refractivity contribution < 1.29 is 21.4 Å². The van der Waals surface area contributed by atoms with Crippen LogP contribution in [-0.4, -0.2) is 77.9 Å². The van der Waals surface area contributed by atoms with Crippen molar-refractivity contribution in [1.82, 2.24) is 20.2 Å². The van der Waals surface area contributed by atoms with Gasteiger partial charge >= 0.3 is 6.01 Å². The predicted molar refractivity (Wildman–Crippen MR) is 157 cm³/mol. The van der Waals surface area contributed by atoms with Crippen molar-refractivity contribution in [2.24, 2.45) is 5.41 Å². The molecule has 1 aromatic heterocycles. The molecule has 6 heterocycles. The normalized spacial score (nSPS) is 25.9. The van der Waals surface area contributed by atoms with Gasteiger partial charge < -0.3 is 29.9 Å². The van der Waals surface area contributed by atoms with Gasteiger partial charge in [-0.05, 0) is 75.6 Å². The molecule has 3 aromatic rings. The largest absolute Gasteiger partial charge is 0.508 e. The summed E-state index contributed by atoms with van der Waals surface area (Å²) >= 11 is 0. The number of hydrogen-bond acceptors (Lipinski definition) is 8. The van der Waals surface area contributed by atoms with Crippen molar-refractivity contribution in [3.63, 3.8) is 0 Å². The molecule has 42 heavy (non-hydrogen) atoms. The van der Waals surface area contributed by atoms with Crippen molar-refractivity contribution >= 4 is 22.3 Å². The van der Waals surface area contributed by atoms with Gasteiger partial charge in [0.05, 0.1) is 27.2 Å². The molecular weight excluding hydrogens is 538 g/mol. The number of nitrogens with zero attached hydrogens (tertiary/aromatic N) is 5. The van der Waals surface area contributed by atoms with E-state index in [9.17, 15) is 9.50 Å². The highest BCUT2D eigenvalue weighted by atomic mass is 19.2. The molecular formula is C32H38F2N6O2. The van der Waals surface area contributed by atoms with Crippen LogP contribution >= 0.6 is 0 Å². The Morgan fingerprint density at radius 1 is 1.12 bits per heavy atom. The molecule has 5 fully saturated rings. The summed E-state index contributed by atoms with van der Waals surface area (Å²) in [6.45, 7) is 3.14. The van der Waals surface area contributed by atoms with Crippen molar-refractivity contribution in [2.75, 3.05) is 55.6 Å². The van der Waals surface area contributed by atoms with Gasteiger partial charge in [0.2, 0.25) is 0 Å². The van der Waals surface area contributed by atoms with Gasteiger partial charge in [0, 0.05) is 60.7 Å². The number of rotatable bonds is 7. The molecule has 2 atom stereocenters. The van der Waals surface area contributed by atoms with Gasteiger partial charge in [-0.3, -0.25) is 0 Å². The van der Waals surface area contributed by atoms with Gasteiger partial charge in [0.15, 0.2) is 11.6 Å². The Morgan fingerprint density at radius 3 is 2.71 bits per heavy atom. The third-order valence-electron chi connectivity index (χ3n) is 9.89. The lowest BCUT2D eigenvalue weighted by molar-refractivity contribution is 0.169. The number of fused-ring (bicyclic) bond motifs is 5. The average Bonchev–Trinajstić information content (AvgIpc) is 3.64. The van der Waals surface area contributed by atoms with Crippen LogP contribution in [0.5, 0.6) is 11.8 Å². The highest BCUT2D eigenvalue weighted by Crippen LogP contribution is 2.47. The second-order valence-electron chi connectivity index (χ2n) is 12.8. The van der Waals surface area contributed by atoms with Gasteiger partial charge in [-0.1, -0.05) is 6.07 Å². The number of likely N-dealkylation sites (tertiary alicyclic amines) is 1. The number of piperazine rings is 1. The van der Waals surface area contributed by atoms with E-state index in [0.717, 1.165) is 82.2 Å². The van der Waals surface area contributed by atoms with Crippen LogP contribution in [0.4, 0.5) is 20.3 Å². The minimum Gasteiger partial charge on any atom is -0.508 e. The molecule has 1 aliphatic carbocycles. The summed E-state index contributed by atoms with van der Waals surface area (Å²) in [6, 6.07) is 6.11. The SMILES string of the molecule is [2H]C([2H])(Oc1nc2c(c(N3CC4CCC3CN4)n1)CCN(c1cc(O)cc3ccc(F)c(F)c13)C2)C1(CN2CCCC2)CC1. The standard InChI is InChI=1S/C32H38F2N6O2/c33-25-6-3-20-13-23(41)14-27(28(20)29(25)34)39-12-7-24-26(17-39)36-31(37-30(24)40-16-21-4-5-22(40)15-35-21)42-19-32(8-9-32)18-38-10-1-2-11-38/h3,6,13-14,21-22,35,41H,1-2,4-5,7-12,15-19H2/i19D2. The van der Waals surface area contributed by atoms with Gasteiger partial charge in [-0.15, -0.1) is 0 Å². The Labute approximate surface area is 247 Å². The Bertz CT molecular complexity index is 1610. The van der Waals surface area contributed by atoms with Crippen LogP contribution < -0.4 is 19.9 Å². The Morgan fingerprint density at radius 2 is 1.98 bits per heavy atom. The number of phenolic OH excluding ortho intramolecular Hbond substituents is 1. The van der Waals surface area contributed by atoms with Gasteiger partial charge in [0.1, 0.15) is 11.6 Å².